The maximum absolute atomic E-state index is 13.9. The van der Waals surface area contributed by atoms with Gasteiger partial charge in [0.1, 0.15) is 5.82 Å². The van der Waals surface area contributed by atoms with Crippen LogP contribution in [-0.2, 0) is 0 Å². The van der Waals surface area contributed by atoms with Gasteiger partial charge in [-0.2, -0.15) is 0 Å². The van der Waals surface area contributed by atoms with Crippen molar-refractivity contribution in [2.45, 2.75) is 13.2 Å². The molecule has 0 radical (unpaired) electrons. The minimum Gasteiger partial charge on any atom is -0.395 e. The Hall–Kier alpha value is -2.17. The molecule has 2 aromatic rings. The van der Waals surface area contributed by atoms with Gasteiger partial charge in [-0.25, -0.2) is 4.39 Å². The van der Waals surface area contributed by atoms with Gasteiger partial charge < -0.3 is 9.47 Å². The highest BCUT2D eigenvalue weighted by molar-refractivity contribution is 5.77. The van der Waals surface area contributed by atoms with E-state index in [2.05, 4.69) is 9.47 Å². The van der Waals surface area contributed by atoms with Gasteiger partial charge in [-0.1, -0.05) is 24.3 Å². The average Bonchev–Trinajstić information content (AvgIpc) is 2.63. The summed E-state index contributed by atoms with van der Waals surface area (Å²) < 4.78 is 48.9. The number of para-hydroxylation sites is 1. The fourth-order valence-electron chi connectivity index (χ4n) is 2.14. The van der Waals surface area contributed by atoms with Crippen molar-refractivity contribution in [2.24, 2.45) is 0 Å². The standard InChI is InChI=1S/C14H9F3O2/c1-8-4-2-6-10(15)12(8)9-5-3-7-11-13(9)19-14(16,17)18-11/h2-7H,1H3. The van der Waals surface area contributed by atoms with E-state index in [1.165, 1.54) is 24.3 Å². The van der Waals surface area contributed by atoms with Gasteiger partial charge in [0.2, 0.25) is 0 Å². The highest BCUT2D eigenvalue weighted by Crippen LogP contribution is 2.47. The topological polar surface area (TPSA) is 18.5 Å². The SMILES string of the molecule is Cc1cccc(F)c1-c1cccc2c1OC(F)(F)O2. The van der Waals surface area contributed by atoms with E-state index in [9.17, 15) is 13.2 Å². The van der Waals surface area contributed by atoms with E-state index in [1.54, 1.807) is 19.1 Å². The smallest absolute Gasteiger partial charge is 0.395 e. The number of hydrogen-bond acceptors (Lipinski definition) is 2. The van der Waals surface area contributed by atoms with E-state index in [0.29, 0.717) is 5.56 Å². The Balaban J connectivity index is 2.22. The van der Waals surface area contributed by atoms with Crippen LogP contribution in [0.1, 0.15) is 5.56 Å². The Kier molecular flexibility index (Phi) is 2.45. The van der Waals surface area contributed by atoms with Crippen molar-refractivity contribution in [3.8, 4) is 22.6 Å². The third-order valence-corrected chi connectivity index (χ3v) is 2.92. The molecule has 98 valence electrons. The monoisotopic (exact) mass is 266 g/mol. The molecule has 1 aliphatic rings. The fraction of sp³-hybridized carbons (Fsp3) is 0.143. The number of aryl methyl sites for hydroxylation is 1. The highest BCUT2D eigenvalue weighted by atomic mass is 19.3. The Morgan fingerprint density at radius 2 is 1.74 bits per heavy atom. The van der Waals surface area contributed by atoms with Crippen LogP contribution in [0.2, 0.25) is 0 Å². The Morgan fingerprint density at radius 3 is 2.47 bits per heavy atom. The van der Waals surface area contributed by atoms with Crippen LogP contribution in [0.3, 0.4) is 0 Å². The molecule has 0 bridgehead atoms. The summed E-state index contributed by atoms with van der Waals surface area (Å²) in [6, 6.07) is 8.93. The second-order valence-electron chi connectivity index (χ2n) is 4.23. The van der Waals surface area contributed by atoms with Gasteiger partial charge in [0.05, 0.1) is 0 Å². The van der Waals surface area contributed by atoms with Crippen molar-refractivity contribution in [1.29, 1.82) is 0 Å². The van der Waals surface area contributed by atoms with Gasteiger partial charge >= 0.3 is 6.29 Å². The van der Waals surface area contributed by atoms with Crippen molar-refractivity contribution < 1.29 is 22.6 Å². The van der Waals surface area contributed by atoms with Crippen molar-refractivity contribution >= 4 is 0 Å². The van der Waals surface area contributed by atoms with Crippen molar-refractivity contribution in [2.75, 3.05) is 0 Å². The summed E-state index contributed by atoms with van der Waals surface area (Å²) in [6.45, 7) is 1.70. The number of alkyl halides is 2. The largest absolute Gasteiger partial charge is 0.586 e. The zero-order valence-corrected chi connectivity index (χ0v) is 9.91. The maximum atomic E-state index is 13.9. The molecule has 0 unspecified atom stereocenters. The van der Waals surface area contributed by atoms with Gasteiger partial charge in [0, 0.05) is 11.1 Å². The number of benzene rings is 2. The molecule has 1 aliphatic heterocycles. The summed E-state index contributed by atoms with van der Waals surface area (Å²) in [5, 5.41) is 0. The Labute approximate surface area is 107 Å². The second-order valence-corrected chi connectivity index (χ2v) is 4.23. The minimum atomic E-state index is -3.71. The molecule has 0 N–H and O–H groups in total. The molecule has 0 spiro atoms. The molecule has 5 heteroatoms. The van der Waals surface area contributed by atoms with E-state index >= 15 is 0 Å². The van der Waals surface area contributed by atoms with Gasteiger partial charge in [-0.05, 0) is 24.6 Å². The molecule has 0 saturated heterocycles. The minimum absolute atomic E-state index is 0.0925. The highest BCUT2D eigenvalue weighted by Gasteiger charge is 2.44. The zero-order valence-electron chi connectivity index (χ0n) is 9.91. The molecule has 19 heavy (non-hydrogen) atoms. The first kappa shape index (κ1) is 11.9. The summed E-state index contributed by atoms with van der Waals surface area (Å²) in [5.41, 5.74) is 1.12. The lowest BCUT2D eigenvalue weighted by Crippen LogP contribution is -2.26. The van der Waals surface area contributed by atoms with E-state index in [-0.39, 0.29) is 22.6 Å². The first-order chi connectivity index (χ1) is 8.98. The maximum Gasteiger partial charge on any atom is 0.586 e. The van der Waals surface area contributed by atoms with Crippen LogP contribution >= 0.6 is 0 Å². The molecule has 0 saturated carbocycles. The predicted octanol–water partition coefficient (Wildman–Crippen LogP) is 4.12. The number of halogens is 3. The summed E-state index contributed by atoms with van der Waals surface area (Å²) in [5.74, 6) is -0.724. The van der Waals surface area contributed by atoms with Crippen molar-refractivity contribution in [1.82, 2.24) is 0 Å². The van der Waals surface area contributed by atoms with Crippen LogP contribution < -0.4 is 9.47 Å². The predicted molar refractivity (Wildman–Crippen MR) is 62.8 cm³/mol. The van der Waals surface area contributed by atoms with Gasteiger partial charge in [0.15, 0.2) is 11.5 Å². The molecule has 0 aliphatic carbocycles. The van der Waals surface area contributed by atoms with Crippen LogP contribution in [0.4, 0.5) is 13.2 Å². The summed E-state index contributed by atoms with van der Waals surface area (Å²) in [7, 11) is 0. The van der Waals surface area contributed by atoms with E-state index in [4.69, 9.17) is 0 Å². The van der Waals surface area contributed by atoms with Crippen molar-refractivity contribution in [3.05, 3.63) is 47.8 Å². The number of ether oxygens (including phenoxy) is 2. The summed E-state index contributed by atoms with van der Waals surface area (Å²) in [4.78, 5) is 0. The molecule has 0 amide bonds. The lowest BCUT2D eigenvalue weighted by atomic mass is 9.99. The van der Waals surface area contributed by atoms with Crippen LogP contribution in [0, 0.1) is 12.7 Å². The van der Waals surface area contributed by atoms with Crippen molar-refractivity contribution in [3.63, 3.8) is 0 Å². The number of hydrogen-bond donors (Lipinski definition) is 0. The number of fused-ring (bicyclic) bond motifs is 1. The zero-order chi connectivity index (χ0) is 13.6. The molecule has 0 atom stereocenters. The van der Waals surface area contributed by atoms with Crippen LogP contribution in [0.15, 0.2) is 36.4 Å². The summed E-state index contributed by atoms with van der Waals surface area (Å²) >= 11 is 0. The van der Waals surface area contributed by atoms with Gasteiger partial charge in [-0.3, -0.25) is 0 Å². The lowest BCUT2D eigenvalue weighted by molar-refractivity contribution is -0.286. The molecule has 1 heterocycles. The summed E-state index contributed by atoms with van der Waals surface area (Å²) in [6.07, 6.45) is -3.71. The third kappa shape index (κ3) is 1.91. The lowest BCUT2D eigenvalue weighted by Gasteiger charge is -2.10. The molecule has 3 rings (SSSR count). The fourth-order valence-corrected chi connectivity index (χ4v) is 2.14. The van der Waals surface area contributed by atoms with E-state index in [1.807, 2.05) is 0 Å². The quantitative estimate of drug-likeness (QED) is 0.772. The van der Waals surface area contributed by atoms with Gasteiger partial charge in [0.25, 0.3) is 0 Å². The van der Waals surface area contributed by atoms with Crippen LogP contribution in [0.25, 0.3) is 11.1 Å². The average molecular weight is 266 g/mol. The number of rotatable bonds is 1. The third-order valence-electron chi connectivity index (χ3n) is 2.92. The molecule has 0 aromatic heterocycles. The molecule has 0 fully saturated rings. The molecular formula is C14H9F3O2. The normalized spacial score (nSPS) is 15.6. The van der Waals surface area contributed by atoms with E-state index in [0.717, 1.165) is 0 Å². The second kappa shape index (κ2) is 3.91. The molecule has 2 nitrogen and oxygen atoms in total. The van der Waals surface area contributed by atoms with Crippen LogP contribution in [-0.4, -0.2) is 6.29 Å². The van der Waals surface area contributed by atoms with E-state index < -0.39 is 12.1 Å². The van der Waals surface area contributed by atoms with Crippen LogP contribution in [0.5, 0.6) is 11.5 Å². The molecular weight excluding hydrogens is 257 g/mol. The molecule has 2 aromatic carbocycles. The Morgan fingerprint density at radius 1 is 1.00 bits per heavy atom. The Bertz CT molecular complexity index is 633. The van der Waals surface area contributed by atoms with Gasteiger partial charge in [-0.15, -0.1) is 8.78 Å². The first-order valence-corrected chi connectivity index (χ1v) is 5.62. The first-order valence-electron chi connectivity index (χ1n) is 5.62.